The van der Waals surface area contributed by atoms with Gasteiger partial charge in [-0.05, 0) is 6.92 Å². The average molecular weight is 249 g/mol. The molecule has 2 heterocycles. The summed E-state index contributed by atoms with van der Waals surface area (Å²) in [5, 5.41) is 17.2. The van der Waals surface area contributed by atoms with Crippen LogP contribution in [-0.4, -0.2) is 26.6 Å². The number of pyridine rings is 1. The van der Waals surface area contributed by atoms with Crippen molar-refractivity contribution in [1.29, 1.82) is 0 Å². The van der Waals surface area contributed by atoms with Crippen LogP contribution in [0.2, 0.25) is 0 Å². The smallest absolute Gasteiger partial charge is 0.274 e. The van der Waals surface area contributed by atoms with Crippen LogP contribution in [0.15, 0.2) is 22.9 Å². The second kappa shape index (κ2) is 5.21. The van der Waals surface area contributed by atoms with Crippen molar-refractivity contribution >= 4 is 11.5 Å². The van der Waals surface area contributed by atoms with E-state index in [1.165, 1.54) is 18.3 Å². The summed E-state index contributed by atoms with van der Waals surface area (Å²) in [5.41, 5.74) is 0.00105. The molecule has 0 saturated heterocycles. The number of anilines is 1. The minimum Gasteiger partial charge on any atom is -0.369 e. The molecule has 0 aliphatic rings. The van der Waals surface area contributed by atoms with Crippen molar-refractivity contribution in [1.82, 2.24) is 15.1 Å². The second-order valence-electron chi connectivity index (χ2n) is 3.57. The molecule has 0 fully saturated rings. The van der Waals surface area contributed by atoms with Crippen molar-refractivity contribution in [2.24, 2.45) is 0 Å². The molecule has 8 nitrogen and oxygen atoms in total. The van der Waals surface area contributed by atoms with Gasteiger partial charge in [0.05, 0.1) is 11.0 Å². The van der Waals surface area contributed by atoms with Crippen LogP contribution in [0.4, 0.5) is 11.5 Å². The minimum atomic E-state index is -0.464. The molecule has 0 radical (unpaired) electrons. The number of aryl methyl sites for hydroxylation is 1. The number of nitro groups is 1. The molecule has 0 aliphatic carbocycles. The zero-order chi connectivity index (χ0) is 13.0. The summed E-state index contributed by atoms with van der Waals surface area (Å²) in [6, 6.07) is 2.71. The Morgan fingerprint density at radius 3 is 3.06 bits per heavy atom. The van der Waals surface area contributed by atoms with Gasteiger partial charge in [-0.1, -0.05) is 5.16 Å². The predicted octanol–water partition coefficient (Wildman–Crippen LogP) is 1.34. The summed E-state index contributed by atoms with van der Waals surface area (Å²) in [4.78, 5) is 18.1. The van der Waals surface area contributed by atoms with Gasteiger partial charge in [0.15, 0.2) is 5.82 Å². The van der Waals surface area contributed by atoms with E-state index in [1.54, 1.807) is 6.92 Å². The number of aromatic nitrogens is 3. The van der Waals surface area contributed by atoms with Gasteiger partial charge in [0.2, 0.25) is 5.89 Å². The fourth-order valence-electron chi connectivity index (χ4n) is 1.37. The lowest BCUT2D eigenvalue weighted by molar-refractivity contribution is -0.384. The lowest BCUT2D eigenvalue weighted by Crippen LogP contribution is -2.06. The summed E-state index contributed by atoms with van der Waals surface area (Å²) < 4.78 is 4.93. The Balaban J connectivity index is 1.90. The Bertz CT molecular complexity index is 554. The molecule has 0 amide bonds. The molecule has 2 aromatic heterocycles. The summed E-state index contributed by atoms with van der Waals surface area (Å²) in [7, 11) is 0. The standard InChI is InChI=1S/C10H11N5O3/c1-7-13-10(18-14-7)3-5-12-9-6-8(15(16)17)2-4-11-9/h2,4,6H,3,5H2,1H3,(H,11,12). The molecule has 8 heteroatoms. The van der Waals surface area contributed by atoms with E-state index in [1.807, 2.05) is 0 Å². The molecule has 0 aliphatic heterocycles. The molecular weight excluding hydrogens is 238 g/mol. The topological polar surface area (TPSA) is 107 Å². The van der Waals surface area contributed by atoms with E-state index in [0.717, 1.165) is 0 Å². The van der Waals surface area contributed by atoms with Gasteiger partial charge in [-0.3, -0.25) is 10.1 Å². The first-order valence-corrected chi connectivity index (χ1v) is 5.28. The summed E-state index contributed by atoms with van der Waals surface area (Å²) in [6.07, 6.45) is 1.92. The Kier molecular flexibility index (Phi) is 3.46. The summed E-state index contributed by atoms with van der Waals surface area (Å²) in [6.45, 7) is 2.25. The zero-order valence-electron chi connectivity index (χ0n) is 9.66. The molecular formula is C10H11N5O3. The highest BCUT2D eigenvalue weighted by Crippen LogP contribution is 2.13. The molecule has 0 atom stereocenters. The molecule has 0 aromatic carbocycles. The van der Waals surface area contributed by atoms with E-state index >= 15 is 0 Å². The van der Waals surface area contributed by atoms with Gasteiger partial charge in [-0.15, -0.1) is 0 Å². The van der Waals surface area contributed by atoms with Crippen molar-refractivity contribution in [2.45, 2.75) is 13.3 Å². The van der Waals surface area contributed by atoms with Gasteiger partial charge in [0.1, 0.15) is 5.82 Å². The number of hydrogen-bond acceptors (Lipinski definition) is 7. The third kappa shape index (κ3) is 3.00. The highest BCUT2D eigenvalue weighted by atomic mass is 16.6. The first-order valence-electron chi connectivity index (χ1n) is 5.28. The van der Waals surface area contributed by atoms with Gasteiger partial charge < -0.3 is 9.84 Å². The summed E-state index contributed by atoms with van der Waals surface area (Å²) in [5.74, 6) is 1.55. The number of nitrogens with one attached hydrogen (secondary N) is 1. The van der Waals surface area contributed by atoms with Crippen LogP contribution < -0.4 is 5.32 Å². The maximum atomic E-state index is 10.6. The van der Waals surface area contributed by atoms with E-state index in [0.29, 0.717) is 30.5 Å². The van der Waals surface area contributed by atoms with Crippen LogP contribution in [0.3, 0.4) is 0 Å². The van der Waals surface area contributed by atoms with E-state index < -0.39 is 4.92 Å². The first kappa shape index (κ1) is 12.0. The van der Waals surface area contributed by atoms with Crippen molar-refractivity contribution in [3.05, 3.63) is 40.2 Å². The van der Waals surface area contributed by atoms with E-state index in [4.69, 9.17) is 4.52 Å². The van der Waals surface area contributed by atoms with E-state index in [9.17, 15) is 10.1 Å². The monoisotopic (exact) mass is 249 g/mol. The van der Waals surface area contributed by atoms with Gasteiger partial charge in [0.25, 0.3) is 5.69 Å². The van der Waals surface area contributed by atoms with Gasteiger partial charge in [-0.2, -0.15) is 4.98 Å². The quantitative estimate of drug-likeness (QED) is 0.629. The largest absolute Gasteiger partial charge is 0.369 e. The average Bonchev–Trinajstić information content (AvgIpc) is 2.75. The van der Waals surface area contributed by atoms with Crippen LogP contribution in [0.25, 0.3) is 0 Å². The van der Waals surface area contributed by atoms with Crippen LogP contribution in [0, 0.1) is 17.0 Å². The van der Waals surface area contributed by atoms with E-state index in [-0.39, 0.29) is 5.69 Å². The molecule has 2 rings (SSSR count). The maximum absolute atomic E-state index is 10.6. The Morgan fingerprint density at radius 2 is 2.39 bits per heavy atom. The third-order valence-corrected chi connectivity index (χ3v) is 2.17. The molecule has 0 saturated carbocycles. The van der Waals surface area contributed by atoms with Gasteiger partial charge in [0, 0.05) is 25.2 Å². The maximum Gasteiger partial charge on any atom is 0.274 e. The fourth-order valence-corrected chi connectivity index (χ4v) is 1.37. The predicted molar refractivity (Wildman–Crippen MR) is 62.1 cm³/mol. The third-order valence-electron chi connectivity index (χ3n) is 2.17. The van der Waals surface area contributed by atoms with Crippen molar-refractivity contribution in [2.75, 3.05) is 11.9 Å². The van der Waals surface area contributed by atoms with Crippen molar-refractivity contribution in [3.63, 3.8) is 0 Å². The molecule has 1 N–H and O–H groups in total. The first-order chi connectivity index (χ1) is 8.65. The van der Waals surface area contributed by atoms with Gasteiger partial charge in [-0.25, -0.2) is 4.98 Å². The van der Waals surface area contributed by atoms with Crippen LogP contribution in [-0.2, 0) is 6.42 Å². The SMILES string of the molecule is Cc1noc(CCNc2cc([N+](=O)[O-])ccn2)n1. The Labute approximate surface area is 102 Å². The van der Waals surface area contributed by atoms with Crippen LogP contribution in [0.1, 0.15) is 11.7 Å². The lowest BCUT2D eigenvalue weighted by Gasteiger charge is -2.02. The normalized spacial score (nSPS) is 10.3. The lowest BCUT2D eigenvalue weighted by atomic mass is 10.3. The Hall–Kier alpha value is -2.51. The number of rotatable bonds is 5. The molecule has 2 aromatic rings. The highest BCUT2D eigenvalue weighted by Gasteiger charge is 2.07. The van der Waals surface area contributed by atoms with Crippen molar-refractivity contribution < 1.29 is 9.45 Å². The molecule has 94 valence electrons. The van der Waals surface area contributed by atoms with Gasteiger partial charge >= 0.3 is 0 Å². The molecule has 0 unspecified atom stereocenters. The number of nitrogens with zero attached hydrogens (tertiary/aromatic N) is 4. The molecule has 18 heavy (non-hydrogen) atoms. The zero-order valence-corrected chi connectivity index (χ0v) is 9.66. The summed E-state index contributed by atoms with van der Waals surface area (Å²) >= 11 is 0. The number of hydrogen-bond donors (Lipinski definition) is 1. The fraction of sp³-hybridized carbons (Fsp3) is 0.300. The van der Waals surface area contributed by atoms with Crippen LogP contribution in [0.5, 0.6) is 0 Å². The Morgan fingerprint density at radius 1 is 1.56 bits per heavy atom. The second-order valence-corrected chi connectivity index (χ2v) is 3.57. The van der Waals surface area contributed by atoms with Crippen LogP contribution >= 0.6 is 0 Å². The van der Waals surface area contributed by atoms with Crippen molar-refractivity contribution in [3.8, 4) is 0 Å². The van der Waals surface area contributed by atoms with E-state index in [2.05, 4.69) is 20.4 Å². The highest BCUT2D eigenvalue weighted by molar-refractivity contribution is 5.44. The molecule has 0 bridgehead atoms. The molecule has 0 spiro atoms. The minimum absolute atomic E-state index is 0.00105.